The van der Waals surface area contributed by atoms with Crippen LogP contribution in [0.25, 0.3) is 0 Å². The molecule has 0 aliphatic heterocycles. The van der Waals surface area contributed by atoms with Gasteiger partial charge >= 0.3 is 0 Å². The van der Waals surface area contributed by atoms with Gasteiger partial charge in [0, 0.05) is 13.1 Å². The SMILES string of the molecule is Cc1ccc(S(=O)(=O)NCCCNC(=O)c2nsnc2C)cc1. The summed E-state index contributed by atoms with van der Waals surface area (Å²) in [5, 5.41) is 2.69. The number of nitrogens with zero attached hydrogens (tertiary/aromatic N) is 2. The summed E-state index contributed by atoms with van der Waals surface area (Å²) in [6, 6.07) is 6.63. The minimum atomic E-state index is -3.51. The number of amides is 1. The number of carbonyl (C=O) groups excluding carboxylic acids is 1. The lowest BCUT2D eigenvalue weighted by molar-refractivity contribution is 0.0948. The second kappa shape index (κ2) is 7.62. The number of hydrogen-bond acceptors (Lipinski definition) is 6. The molecule has 0 aliphatic carbocycles. The Labute approximate surface area is 139 Å². The number of carbonyl (C=O) groups is 1. The molecule has 9 heteroatoms. The van der Waals surface area contributed by atoms with Crippen LogP contribution in [0.3, 0.4) is 0 Å². The number of rotatable bonds is 7. The average Bonchev–Trinajstić information content (AvgIpc) is 2.93. The van der Waals surface area contributed by atoms with Crippen molar-refractivity contribution in [1.82, 2.24) is 18.8 Å². The van der Waals surface area contributed by atoms with Crippen molar-refractivity contribution in [2.24, 2.45) is 0 Å². The molecule has 1 amide bonds. The zero-order chi connectivity index (χ0) is 16.9. The standard InChI is InChI=1S/C14H18N4O3S2/c1-10-4-6-12(7-5-10)23(20,21)16-9-3-8-15-14(19)13-11(2)17-22-18-13/h4-7,16H,3,8-9H2,1-2H3,(H,15,19). The molecule has 0 aliphatic rings. The Morgan fingerprint density at radius 1 is 1.13 bits per heavy atom. The van der Waals surface area contributed by atoms with Crippen LogP contribution in [-0.4, -0.2) is 36.2 Å². The largest absolute Gasteiger partial charge is 0.351 e. The maximum atomic E-state index is 12.1. The van der Waals surface area contributed by atoms with E-state index in [1.165, 1.54) is 0 Å². The molecule has 2 rings (SSSR count). The molecular weight excluding hydrogens is 336 g/mol. The Balaban J connectivity index is 1.76. The van der Waals surface area contributed by atoms with E-state index in [9.17, 15) is 13.2 Å². The molecule has 2 N–H and O–H groups in total. The summed E-state index contributed by atoms with van der Waals surface area (Å²) >= 11 is 0.988. The monoisotopic (exact) mass is 354 g/mol. The average molecular weight is 354 g/mol. The highest BCUT2D eigenvalue weighted by atomic mass is 32.2. The number of aromatic nitrogens is 2. The fraction of sp³-hybridized carbons (Fsp3) is 0.357. The van der Waals surface area contributed by atoms with E-state index in [1.54, 1.807) is 31.2 Å². The molecule has 124 valence electrons. The van der Waals surface area contributed by atoms with Gasteiger partial charge in [-0.05, 0) is 32.4 Å². The normalized spacial score (nSPS) is 11.4. The van der Waals surface area contributed by atoms with E-state index in [1.807, 2.05) is 6.92 Å². The maximum absolute atomic E-state index is 12.1. The Kier molecular flexibility index (Phi) is 5.80. The van der Waals surface area contributed by atoms with Crippen LogP contribution < -0.4 is 10.0 Å². The van der Waals surface area contributed by atoms with E-state index in [2.05, 4.69) is 18.8 Å². The third-order valence-electron chi connectivity index (χ3n) is 3.13. The molecule has 1 heterocycles. The highest BCUT2D eigenvalue weighted by molar-refractivity contribution is 7.89. The fourth-order valence-electron chi connectivity index (χ4n) is 1.82. The summed E-state index contributed by atoms with van der Waals surface area (Å²) in [7, 11) is -3.51. The first-order chi connectivity index (χ1) is 10.9. The van der Waals surface area contributed by atoms with Crippen molar-refractivity contribution in [3.8, 4) is 0 Å². The van der Waals surface area contributed by atoms with Crippen molar-refractivity contribution in [3.05, 3.63) is 41.2 Å². The summed E-state index contributed by atoms with van der Waals surface area (Å²) in [5.74, 6) is -0.294. The van der Waals surface area contributed by atoms with Gasteiger partial charge < -0.3 is 5.32 Å². The minimum Gasteiger partial charge on any atom is -0.351 e. The van der Waals surface area contributed by atoms with Crippen LogP contribution in [0, 0.1) is 13.8 Å². The first-order valence-electron chi connectivity index (χ1n) is 7.04. The van der Waals surface area contributed by atoms with Gasteiger partial charge in [-0.25, -0.2) is 13.1 Å². The molecule has 23 heavy (non-hydrogen) atoms. The Morgan fingerprint density at radius 3 is 2.43 bits per heavy atom. The fourth-order valence-corrected chi connectivity index (χ4v) is 3.44. The highest BCUT2D eigenvalue weighted by Gasteiger charge is 2.14. The van der Waals surface area contributed by atoms with E-state index in [0.717, 1.165) is 17.3 Å². The molecule has 0 unspecified atom stereocenters. The van der Waals surface area contributed by atoms with E-state index in [4.69, 9.17) is 0 Å². The molecule has 0 saturated carbocycles. The van der Waals surface area contributed by atoms with Crippen molar-refractivity contribution in [2.45, 2.75) is 25.2 Å². The maximum Gasteiger partial charge on any atom is 0.272 e. The van der Waals surface area contributed by atoms with E-state index in [-0.39, 0.29) is 17.3 Å². The Morgan fingerprint density at radius 2 is 1.83 bits per heavy atom. The van der Waals surface area contributed by atoms with Gasteiger partial charge in [-0.1, -0.05) is 17.7 Å². The quantitative estimate of drug-likeness (QED) is 0.729. The zero-order valence-electron chi connectivity index (χ0n) is 12.9. The topological polar surface area (TPSA) is 101 Å². The predicted octanol–water partition coefficient (Wildman–Crippen LogP) is 1.25. The van der Waals surface area contributed by atoms with Crippen molar-refractivity contribution >= 4 is 27.7 Å². The van der Waals surface area contributed by atoms with Crippen molar-refractivity contribution in [1.29, 1.82) is 0 Å². The van der Waals surface area contributed by atoms with Crippen molar-refractivity contribution in [2.75, 3.05) is 13.1 Å². The number of benzene rings is 1. The summed E-state index contributed by atoms with van der Waals surface area (Å²) < 4.78 is 34.5. The summed E-state index contributed by atoms with van der Waals surface area (Å²) in [4.78, 5) is 12.0. The molecule has 1 aromatic heterocycles. The summed E-state index contributed by atoms with van der Waals surface area (Å²) in [6.07, 6.45) is 0.480. The summed E-state index contributed by atoms with van der Waals surface area (Å²) in [6.45, 7) is 4.21. The minimum absolute atomic E-state index is 0.233. The molecule has 0 radical (unpaired) electrons. The molecule has 0 saturated heterocycles. The van der Waals surface area contributed by atoms with Crippen LogP contribution in [0.1, 0.15) is 28.2 Å². The van der Waals surface area contributed by atoms with E-state index >= 15 is 0 Å². The van der Waals surface area contributed by atoms with Gasteiger partial charge in [0.25, 0.3) is 5.91 Å². The molecule has 0 bridgehead atoms. The first-order valence-corrected chi connectivity index (χ1v) is 9.25. The highest BCUT2D eigenvalue weighted by Crippen LogP contribution is 2.09. The summed E-state index contributed by atoms with van der Waals surface area (Å²) in [5.41, 5.74) is 1.90. The van der Waals surface area contributed by atoms with Crippen LogP contribution in [0.5, 0.6) is 0 Å². The van der Waals surface area contributed by atoms with Crippen LogP contribution in [0.4, 0.5) is 0 Å². The van der Waals surface area contributed by atoms with Gasteiger partial charge in [-0.2, -0.15) is 8.75 Å². The van der Waals surface area contributed by atoms with Gasteiger partial charge in [-0.3, -0.25) is 4.79 Å². The molecule has 0 atom stereocenters. The van der Waals surface area contributed by atoms with Gasteiger partial charge in [0.15, 0.2) is 5.69 Å². The van der Waals surface area contributed by atoms with Gasteiger partial charge in [-0.15, -0.1) is 0 Å². The predicted molar refractivity (Wildman–Crippen MR) is 88.0 cm³/mol. The van der Waals surface area contributed by atoms with E-state index in [0.29, 0.717) is 24.4 Å². The third-order valence-corrected chi connectivity index (χ3v) is 5.23. The number of nitrogens with one attached hydrogen (secondary N) is 2. The molecule has 0 spiro atoms. The van der Waals surface area contributed by atoms with Crippen LogP contribution in [-0.2, 0) is 10.0 Å². The lowest BCUT2D eigenvalue weighted by Gasteiger charge is -2.07. The van der Waals surface area contributed by atoms with Crippen LogP contribution in [0.15, 0.2) is 29.2 Å². The molecule has 2 aromatic rings. The molecular formula is C14H18N4O3S2. The van der Waals surface area contributed by atoms with Gasteiger partial charge in [0.2, 0.25) is 10.0 Å². The third kappa shape index (κ3) is 4.81. The van der Waals surface area contributed by atoms with Gasteiger partial charge in [0.05, 0.1) is 22.3 Å². The lowest BCUT2D eigenvalue weighted by atomic mass is 10.2. The Bertz CT molecular complexity index is 770. The van der Waals surface area contributed by atoms with E-state index < -0.39 is 10.0 Å². The Hall–Kier alpha value is -1.84. The zero-order valence-corrected chi connectivity index (χ0v) is 14.5. The van der Waals surface area contributed by atoms with Crippen molar-refractivity contribution in [3.63, 3.8) is 0 Å². The van der Waals surface area contributed by atoms with Crippen molar-refractivity contribution < 1.29 is 13.2 Å². The lowest BCUT2D eigenvalue weighted by Crippen LogP contribution is -2.30. The van der Waals surface area contributed by atoms with Crippen LogP contribution in [0.2, 0.25) is 0 Å². The number of aryl methyl sites for hydroxylation is 2. The number of hydrogen-bond donors (Lipinski definition) is 2. The number of sulfonamides is 1. The van der Waals surface area contributed by atoms with Crippen LogP contribution >= 0.6 is 11.7 Å². The smallest absolute Gasteiger partial charge is 0.272 e. The molecule has 7 nitrogen and oxygen atoms in total. The molecule has 0 fully saturated rings. The molecule has 1 aromatic carbocycles. The second-order valence-corrected chi connectivity index (χ2v) is 7.31. The second-order valence-electron chi connectivity index (χ2n) is 5.02. The first kappa shape index (κ1) is 17.5. The van der Waals surface area contributed by atoms with Gasteiger partial charge in [0.1, 0.15) is 0 Å².